The number of nitrogens with one attached hydrogen (secondary N) is 1. The summed E-state index contributed by atoms with van der Waals surface area (Å²) in [6.45, 7) is 0.167. The molecular weight excluding hydrogens is 277 g/mol. The number of thioether (sulfide) groups is 1. The number of aromatic nitrogens is 2. The van der Waals surface area contributed by atoms with Gasteiger partial charge < -0.3 is 11.1 Å². The van der Waals surface area contributed by atoms with Crippen LogP contribution >= 0.6 is 11.8 Å². The summed E-state index contributed by atoms with van der Waals surface area (Å²) in [5.74, 6) is 0.428. The summed E-state index contributed by atoms with van der Waals surface area (Å²) in [6.07, 6.45) is 1.35. The fourth-order valence-electron chi connectivity index (χ4n) is 1.55. The average Bonchev–Trinajstić information content (AvgIpc) is 2.33. The zero-order chi connectivity index (χ0) is 13.9. The molecule has 0 aliphatic carbocycles. The summed E-state index contributed by atoms with van der Waals surface area (Å²) >= 11 is -0.0652. The molecule has 1 heterocycles. The van der Waals surface area contributed by atoms with E-state index in [9.17, 15) is 13.2 Å². The number of rotatable bonds is 4. The highest BCUT2D eigenvalue weighted by Gasteiger charge is 2.27. The van der Waals surface area contributed by atoms with E-state index < -0.39 is 5.51 Å². The van der Waals surface area contributed by atoms with Crippen molar-refractivity contribution < 1.29 is 13.2 Å². The van der Waals surface area contributed by atoms with Crippen LogP contribution < -0.4 is 11.1 Å². The lowest BCUT2D eigenvalue weighted by Gasteiger charge is -2.09. The first-order valence-corrected chi connectivity index (χ1v) is 6.39. The van der Waals surface area contributed by atoms with Crippen molar-refractivity contribution in [2.45, 2.75) is 5.51 Å². The maximum absolute atomic E-state index is 12.0. The van der Waals surface area contributed by atoms with Gasteiger partial charge in [0.1, 0.15) is 12.1 Å². The number of halogens is 3. The number of benzene rings is 1. The lowest BCUT2D eigenvalue weighted by atomic mass is 10.2. The van der Waals surface area contributed by atoms with Crippen LogP contribution in [0.25, 0.3) is 10.9 Å². The highest BCUT2D eigenvalue weighted by Crippen LogP contribution is 2.29. The fourth-order valence-corrected chi connectivity index (χ4v) is 1.99. The first-order chi connectivity index (χ1) is 8.96. The number of nitrogens with zero attached hydrogens (tertiary/aromatic N) is 2. The van der Waals surface area contributed by atoms with Crippen LogP contribution in [0.2, 0.25) is 0 Å². The van der Waals surface area contributed by atoms with E-state index in [1.807, 2.05) is 0 Å². The van der Waals surface area contributed by atoms with Gasteiger partial charge in [-0.3, -0.25) is 0 Å². The monoisotopic (exact) mass is 288 g/mol. The third-order valence-electron chi connectivity index (χ3n) is 2.32. The molecule has 1 aromatic carbocycles. The molecule has 8 heteroatoms. The van der Waals surface area contributed by atoms with Crippen LogP contribution in [0.5, 0.6) is 0 Å². The van der Waals surface area contributed by atoms with E-state index in [0.717, 1.165) is 5.39 Å². The second kappa shape index (κ2) is 5.52. The molecule has 19 heavy (non-hydrogen) atoms. The van der Waals surface area contributed by atoms with E-state index in [1.54, 1.807) is 18.2 Å². The Hall–Kier alpha value is -1.70. The van der Waals surface area contributed by atoms with E-state index in [-0.39, 0.29) is 24.1 Å². The minimum atomic E-state index is -4.20. The number of nitrogen functional groups attached to an aromatic ring is 1. The highest BCUT2D eigenvalue weighted by atomic mass is 32.2. The molecule has 0 radical (unpaired) electrons. The number of hydrogen-bond acceptors (Lipinski definition) is 5. The maximum Gasteiger partial charge on any atom is 0.441 e. The Morgan fingerprint density at radius 3 is 2.79 bits per heavy atom. The molecule has 1 aromatic heterocycles. The van der Waals surface area contributed by atoms with Gasteiger partial charge >= 0.3 is 5.51 Å². The average molecular weight is 288 g/mol. The molecule has 0 unspecified atom stereocenters. The summed E-state index contributed by atoms with van der Waals surface area (Å²) in [5.41, 5.74) is 2.66. The lowest BCUT2D eigenvalue weighted by molar-refractivity contribution is -0.0327. The van der Waals surface area contributed by atoms with Gasteiger partial charge in [-0.15, -0.1) is 0 Å². The third kappa shape index (κ3) is 3.88. The van der Waals surface area contributed by atoms with Gasteiger partial charge in [0, 0.05) is 23.4 Å². The Bertz CT molecular complexity index is 573. The summed E-state index contributed by atoms with van der Waals surface area (Å²) in [6, 6.07) is 5.12. The molecule has 3 N–H and O–H groups in total. The smallest absolute Gasteiger partial charge is 0.399 e. The Morgan fingerprint density at radius 1 is 1.26 bits per heavy atom. The zero-order valence-corrected chi connectivity index (χ0v) is 10.6. The van der Waals surface area contributed by atoms with E-state index in [4.69, 9.17) is 5.73 Å². The maximum atomic E-state index is 12.0. The minimum absolute atomic E-state index is 0.0652. The van der Waals surface area contributed by atoms with Crippen molar-refractivity contribution in [3.05, 3.63) is 24.5 Å². The summed E-state index contributed by atoms with van der Waals surface area (Å²) < 4.78 is 35.9. The molecule has 0 saturated carbocycles. The van der Waals surface area contributed by atoms with Gasteiger partial charge in [0.15, 0.2) is 0 Å². The number of hydrogen-bond donors (Lipinski definition) is 2. The Labute approximate surface area is 111 Å². The second-order valence-corrected chi connectivity index (χ2v) is 4.88. The van der Waals surface area contributed by atoms with Crippen LogP contribution in [-0.2, 0) is 0 Å². The van der Waals surface area contributed by atoms with Gasteiger partial charge in [0.2, 0.25) is 0 Å². The van der Waals surface area contributed by atoms with E-state index in [0.29, 0.717) is 17.0 Å². The molecule has 102 valence electrons. The second-order valence-electron chi connectivity index (χ2n) is 3.72. The molecule has 0 aliphatic heterocycles. The lowest BCUT2D eigenvalue weighted by Crippen LogP contribution is -2.10. The van der Waals surface area contributed by atoms with Gasteiger partial charge in [0.05, 0.1) is 5.52 Å². The van der Waals surface area contributed by atoms with Crippen molar-refractivity contribution in [2.75, 3.05) is 23.3 Å². The minimum Gasteiger partial charge on any atom is -0.399 e. The molecule has 2 rings (SSSR count). The third-order valence-corrected chi connectivity index (χ3v) is 3.06. The van der Waals surface area contributed by atoms with Crippen LogP contribution in [0.3, 0.4) is 0 Å². The molecule has 2 aromatic rings. The Morgan fingerprint density at radius 2 is 2.05 bits per heavy atom. The Kier molecular flexibility index (Phi) is 3.98. The van der Waals surface area contributed by atoms with Crippen molar-refractivity contribution in [2.24, 2.45) is 0 Å². The largest absolute Gasteiger partial charge is 0.441 e. The van der Waals surface area contributed by atoms with E-state index in [2.05, 4.69) is 15.3 Å². The molecule has 0 fully saturated rings. The number of fused-ring (bicyclic) bond motifs is 1. The summed E-state index contributed by atoms with van der Waals surface area (Å²) in [4.78, 5) is 8.07. The van der Waals surface area contributed by atoms with Gasteiger partial charge in [-0.2, -0.15) is 13.2 Å². The quantitative estimate of drug-likeness (QED) is 0.669. The van der Waals surface area contributed by atoms with Crippen molar-refractivity contribution in [3.63, 3.8) is 0 Å². The van der Waals surface area contributed by atoms with Gasteiger partial charge in [-0.1, -0.05) is 0 Å². The van der Waals surface area contributed by atoms with Crippen LogP contribution in [0.4, 0.5) is 24.7 Å². The topological polar surface area (TPSA) is 63.8 Å². The van der Waals surface area contributed by atoms with Crippen LogP contribution in [0, 0.1) is 0 Å². The van der Waals surface area contributed by atoms with Gasteiger partial charge in [-0.25, -0.2) is 9.97 Å². The number of alkyl halides is 3. The molecule has 0 aliphatic rings. The van der Waals surface area contributed by atoms with Gasteiger partial charge in [-0.05, 0) is 30.0 Å². The molecule has 0 bridgehead atoms. The summed E-state index contributed by atoms with van der Waals surface area (Å²) in [5, 5.41) is 3.60. The van der Waals surface area contributed by atoms with E-state index >= 15 is 0 Å². The molecule has 0 amide bonds. The predicted molar refractivity (Wildman–Crippen MR) is 71.0 cm³/mol. The zero-order valence-electron chi connectivity index (χ0n) is 9.74. The molecule has 0 spiro atoms. The first-order valence-electron chi connectivity index (χ1n) is 5.40. The van der Waals surface area contributed by atoms with Crippen LogP contribution in [-0.4, -0.2) is 27.8 Å². The summed E-state index contributed by atoms with van der Waals surface area (Å²) in [7, 11) is 0. The Balaban J connectivity index is 2.05. The van der Waals surface area contributed by atoms with Crippen molar-refractivity contribution in [3.8, 4) is 0 Å². The highest BCUT2D eigenvalue weighted by molar-refractivity contribution is 8.00. The molecule has 0 saturated heterocycles. The van der Waals surface area contributed by atoms with Gasteiger partial charge in [0.25, 0.3) is 0 Å². The van der Waals surface area contributed by atoms with Crippen LogP contribution in [0.1, 0.15) is 0 Å². The predicted octanol–water partition coefficient (Wildman–Crippen LogP) is 2.88. The first kappa shape index (κ1) is 13.7. The van der Waals surface area contributed by atoms with Crippen LogP contribution in [0.15, 0.2) is 24.5 Å². The SMILES string of the molecule is Nc1ccc2c(NCCSC(F)(F)F)ncnc2c1. The normalized spacial score (nSPS) is 11.7. The van der Waals surface area contributed by atoms with Crippen molar-refractivity contribution in [1.82, 2.24) is 9.97 Å². The number of anilines is 2. The molecule has 0 atom stereocenters. The molecular formula is C11H11F3N4S. The van der Waals surface area contributed by atoms with E-state index in [1.165, 1.54) is 6.33 Å². The number of nitrogens with two attached hydrogens (primary N) is 1. The molecule has 4 nitrogen and oxygen atoms in total. The van der Waals surface area contributed by atoms with Crippen molar-refractivity contribution in [1.29, 1.82) is 0 Å². The fraction of sp³-hybridized carbons (Fsp3) is 0.273. The standard InChI is InChI=1S/C11H11F3N4S/c12-11(13,14)19-4-3-16-10-8-2-1-7(15)5-9(8)17-6-18-10/h1-2,5-6H,3-4,15H2,(H,16,17,18). The van der Waals surface area contributed by atoms with Crippen molar-refractivity contribution >= 4 is 34.2 Å².